The third-order valence-corrected chi connectivity index (χ3v) is 5.51. The minimum atomic E-state index is -0.545. The molecule has 3 aromatic heterocycles. The zero-order chi connectivity index (χ0) is 19.4. The maximum Gasteiger partial charge on any atom is 0.250 e. The van der Waals surface area contributed by atoms with Crippen molar-refractivity contribution in [3.05, 3.63) is 58.9 Å². The minimum Gasteiger partial charge on any atom is -0.366 e. The number of rotatable bonds is 3. The van der Waals surface area contributed by atoms with Gasteiger partial charge in [0.25, 0.3) is 5.91 Å². The number of nitrogens with two attached hydrogens (primary N) is 1. The Morgan fingerprint density at radius 2 is 2.11 bits per heavy atom. The van der Waals surface area contributed by atoms with Crippen LogP contribution >= 0.6 is 0 Å². The molecule has 28 heavy (non-hydrogen) atoms. The van der Waals surface area contributed by atoms with E-state index in [4.69, 9.17) is 5.73 Å². The van der Waals surface area contributed by atoms with Crippen LogP contribution < -0.4 is 5.73 Å². The molecule has 0 spiro atoms. The number of carbonyl (C=O) groups is 1. The average molecular weight is 375 g/mol. The first-order valence-corrected chi connectivity index (χ1v) is 9.15. The number of hydrogen-bond donors (Lipinski definition) is 2. The summed E-state index contributed by atoms with van der Waals surface area (Å²) in [6, 6.07) is 1.43. The van der Waals surface area contributed by atoms with Crippen LogP contribution in [0, 0.1) is 12.7 Å². The lowest BCUT2D eigenvalue weighted by atomic mass is 9.90. The number of nitrogens with one attached hydrogen (secondary N) is 1. The second-order valence-corrected chi connectivity index (χ2v) is 7.22. The molecule has 5 rings (SSSR count). The SMILES string of the molecule is Cc1c(F)cc2[nH]ncc2c1-n1cc(C(N)=O)c2cncc(C=C3CCC3)c21. The minimum absolute atomic E-state index is 0.345. The fraction of sp³-hybridized carbons (Fsp3) is 0.190. The molecule has 0 unspecified atom stereocenters. The molecule has 0 radical (unpaired) electrons. The molecule has 3 heterocycles. The molecule has 1 amide bonds. The van der Waals surface area contributed by atoms with E-state index in [2.05, 4.69) is 21.3 Å². The van der Waals surface area contributed by atoms with Gasteiger partial charge in [-0.1, -0.05) is 11.6 Å². The van der Waals surface area contributed by atoms with E-state index in [1.54, 1.807) is 31.7 Å². The molecule has 1 aliphatic carbocycles. The second-order valence-electron chi connectivity index (χ2n) is 7.22. The van der Waals surface area contributed by atoms with Crippen LogP contribution in [-0.4, -0.2) is 25.7 Å². The van der Waals surface area contributed by atoms with E-state index >= 15 is 0 Å². The Labute approximate surface area is 159 Å². The van der Waals surface area contributed by atoms with Gasteiger partial charge in [0.2, 0.25) is 0 Å². The largest absolute Gasteiger partial charge is 0.366 e. The van der Waals surface area contributed by atoms with Crippen LogP contribution in [0.2, 0.25) is 0 Å². The molecule has 1 fully saturated rings. The van der Waals surface area contributed by atoms with Crippen molar-refractivity contribution in [2.45, 2.75) is 26.2 Å². The van der Waals surface area contributed by atoms with Crippen molar-refractivity contribution in [1.29, 1.82) is 0 Å². The van der Waals surface area contributed by atoms with Crippen LogP contribution in [0.5, 0.6) is 0 Å². The number of hydrogen-bond acceptors (Lipinski definition) is 3. The molecular formula is C21H18FN5O. The quantitative estimate of drug-likeness (QED) is 0.567. The number of H-pyrrole nitrogens is 1. The lowest BCUT2D eigenvalue weighted by molar-refractivity contribution is 0.100. The van der Waals surface area contributed by atoms with Gasteiger partial charge in [-0.3, -0.25) is 14.9 Å². The highest BCUT2D eigenvalue weighted by molar-refractivity contribution is 6.09. The van der Waals surface area contributed by atoms with Crippen LogP contribution in [0.4, 0.5) is 4.39 Å². The van der Waals surface area contributed by atoms with E-state index in [0.717, 1.165) is 29.3 Å². The molecule has 0 atom stereocenters. The van der Waals surface area contributed by atoms with Crippen LogP contribution in [0.25, 0.3) is 33.6 Å². The molecule has 1 saturated carbocycles. The van der Waals surface area contributed by atoms with Crippen LogP contribution in [0.15, 0.2) is 36.4 Å². The number of amides is 1. The van der Waals surface area contributed by atoms with E-state index in [0.29, 0.717) is 27.7 Å². The first kappa shape index (κ1) is 16.7. The van der Waals surface area contributed by atoms with Crippen molar-refractivity contribution >= 4 is 33.8 Å². The lowest BCUT2D eigenvalue weighted by Gasteiger charge is -2.17. The van der Waals surface area contributed by atoms with E-state index in [1.807, 2.05) is 4.57 Å². The second kappa shape index (κ2) is 6.02. The summed E-state index contributed by atoms with van der Waals surface area (Å²) in [4.78, 5) is 16.4. The molecule has 1 aromatic carbocycles. The van der Waals surface area contributed by atoms with Crippen molar-refractivity contribution in [2.75, 3.05) is 0 Å². The number of halogens is 1. The predicted molar refractivity (Wildman–Crippen MR) is 106 cm³/mol. The van der Waals surface area contributed by atoms with Gasteiger partial charge >= 0.3 is 0 Å². The maximum absolute atomic E-state index is 14.6. The van der Waals surface area contributed by atoms with Gasteiger partial charge < -0.3 is 10.3 Å². The Balaban J connectivity index is 1.92. The summed E-state index contributed by atoms with van der Waals surface area (Å²) in [7, 11) is 0. The van der Waals surface area contributed by atoms with Gasteiger partial charge in [0.15, 0.2) is 0 Å². The van der Waals surface area contributed by atoms with E-state index in [1.165, 1.54) is 18.1 Å². The Morgan fingerprint density at radius 1 is 1.29 bits per heavy atom. The number of benzene rings is 1. The van der Waals surface area contributed by atoms with E-state index in [9.17, 15) is 9.18 Å². The molecule has 0 bridgehead atoms. The Hall–Kier alpha value is -3.48. The smallest absolute Gasteiger partial charge is 0.250 e. The number of aromatic nitrogens is 4. The fourth-order valence-corrected chi connectivity index (χ4v) is 3.88. The van der Waals surface area contributed by atoms with Crippen LogP contribution in [0.1, 0.15) is 40.7 Å². The average Bonchev–Trinajstić information content (AvgIpc) is 3.24. The number of primary amides is 1. The molecular weight excluding hydrogens is 357 g/mol. The topological polar surface area (TPSA) is 89.6 Å². The highest BCUT2D eigenvalue weighted by atomic mass is 19.1. The Kier molecular flexibility index (Phi) is 3.58. The van der Waals surface area contributed by atoms with Crippen LogP contribution in [0.3, 0.4) is 0 Å². The summed E-state index contributed by atoms with van der Waals surface area (Å²) < 4.78 is 16.5. The Morgan fingerprint density at radius 3 is 2.82 bits per heavy atom. The summed E-state index contributed by atoms with van der Waals surface area (Å²) in [6.07, 6.45) is 12.2. The van der Waals surface area contributed by atoms with Gasteiger partial charge in [0.1, 0.15) is 5.82 Å². The van der Waals surface area contributed by atoms with Crippen molar-refractivity contribution in [1.82, 2.24) is 19.7 Å². The first-order chi connectivity index (χ1) is 13.5. The van der Waals surface area contributed by atoms with Crippen LogP contribution in [-0.2, 0) is 0 Å². The van der Waals surface area contributed by atoms with Crippen molar-refractivity contribution < 1.29 is 9.18 Å². The van der Waals surface area contributed by atoms with Gasteiger partial charge in [-0.25, -0.2) is 4.39 Å². The third-order valence-electron chi connectivity index (χ3n) is 5.51. The fourth-order valence-electron chi connectivity index (χ4n) is 3.88. The summed E-state index contributed by atoms with van der Waals surface area (Å²) in [5, 5.41) is 8.31. The number of allylic oxidation sites excluding steroid dienone is 1. The first-order valence-electron chi connectivity index (χ1n) is 9.15. The van der Waals surface area contributed by atoms with E-state index in [-0.39, 0.29) is 5.82 Å². The molecule has 3 N–H and O–H groups in total. The maximum atomic E-state index is 14.6. The number of pyridine rings is 1. The molecule has 0 saturated heterocycles. The number of carbonyl (C=O) groups excluding carboxylic acids is 1. The predicted octanol–water partition coefficient (Wildman–Crippen LogP) is 4.02. The summed E-state index contributed by atoms with van der Waals surface area (Å²) in [6.45, 7) is 1.72. The summed E-state index contributed by atoms with van der Waals surface area (Å²) in [5.74, 6) is -0.890. The molecule has 0 aliphatic heterocycles. The highest BCUT2D eigenvalue weighted by Crippen LogP contribution is 2.35. The number of fused-ring (bicyclic) bond motifs is 2. The zero-order valence-electron chi connectivity index (χ0n) is 15.3. The monoisotopic (exact) mass is 375 g/mol. The standard InChI is InChI=1S/C21H18FN5O/c1-11-17(22)6-18-15(9-25-26-18)19(11)27-10-16(21(23)28)14-8-24-7-13(20(14)27)5-12-3-2-4-12/h5-10H,2-4H2,1H3,(H2,23,28)(H,25,26). The van der Waals surface area contributed by atoms with Gasteiger partial charge in [-0.05, 0) is 32.3 Å². The third kappa shape index (κ3) is 2.36. The zero-order valence-corrected chi connectivity index (χ0v) is 15.3. The van der Waals surface area contributed by atoms with Gasteiger partial charge in [0.05, 0.1) is 28.5 Å². The molecule has 4 aromatic rings. The molecule has 140 valence electrons. The molecule has 7 heteroatoms. The van der Waals surface area contributed by atoms with Crippen molar-refractivity contribution in [2.24, 2.45) is 5.73 Å². The lowest BCUT2D eigenvalue weighted by Crippen LogP contribution is -2.10. The van der Waals surface area contributed by atoms with Crippen molar-refractivity contribution in [3.63, 3.8) is 0 Å². The number of nitrogens with zero attached hydrogens (tertiary/aromatic N) is 3. The molecule has 1 aliphatic rings. The van der Waals surface area contributed by atoms with Gasteiger partial charge in [-0.2, -0.15) is 5.10 Å². The van der Waals surface area contributed by atoms with E-state index < -0.39 is 5.91 Å². The summed E-state index contributed by atoms with van der Waals surface area (Å²) >= 11 is 0. The van der Waals surface area contributed by atoms with Gasteiger partial charge in [-0.15, -0.1) is 0 Å². The summed E-state index contributed by atoms with van der Waals surface area (Å²) in [5.41, 5.74) is 10.7. The molecule has 6 nitrogen and oxygen atoms in total. The normalized spacial score (nSPS) is 13.9. The Bertz CT molecular complexity index is 1290. The van der Waals surface area contributed by atoms with Gasteiger partial charge in [0, 0.05) is 40.5 Å². The van der Waals surface area contributed by atoms with Crippen molar-refractivity contribution in [3.8, 4) is 5.69 Å². The number of aromatic amines is 1. The highest BCUT2D eigenvalue weighted by Gasteiger charge is 2.21.